The monoisotopic (exact) mass is 330 g/mol. The number of aliphatic carboxylic acids is 1. The fraction of sp³-hybridized carbons (Fsp3) is 0.944. The predicted octanol–water partition coefficient (Wildman–Crippen LogP) is 3.26. The van der Waals surface area contributed by atoms with Gasteiger partial charge >= 0.3 is 5.97 Å². The Kier molecular flexibility index (Phi) is 10.5. The van der Waals surface area contributed by atoms with Crippen LogP contribution < -0.4 is 0 Å². The van der Waals surface area contributed by atoms with E-state index in [0.29, 0.717) is 6.42 Å². The maximum Gasteiger partial charge on any atom is 0.303 e. The lowest BCUT2D eigenvalue weighted by atomic mass is 10.0. The minimum absolute atomic E-state index is 0.153. The first kappa shape index (κ1) is 20.4. The van der Waals surface area contributed by atoms with Gasteiger partial charge in [0.25, 0.3) is 0 Å². The summed E-state index contributed by atoms with van der Waals surface area (Å²) in [4.78, 5) is 10.4. The van der Waals surface area contributed by atoms with E-state index in [9.17, 15) is 15.0 Å². The molecule has 0 bridgehead atoms. The Morgan fingerprint density at radius 2 is 1.83 bits per heavy atom. The Hall–Kier alpha value is -0.650. The lowest BCUT2D eigenvalue weighted by Gasteiger charge is -2.19. The molecule has 1 aliphatic heterocycles. The number of hydrogen-bond acceptors (Lipinski definition) is 4. The molecule has 1 saturated heterocycles. The van der Waals surface area contributed by atoms with Crippen LogP contribution in [-0.4, -0.2) is 45.7 Å². The molecule has 0 aromatic heterocycles. The van der Waals surface area contributed by atoms with Crippen molar-refractivity contribution < 1.29 is 24.9 Å². The summed E-state index contributed by atoms with van der Waals surface area (Å²) in [6.07, 6.45) is 9.05. The van der Waals surface area contributed by atoms with Crippen LogP contribution in [0.4, 0.5) is 0 Å². The van der Waals surface area contributed by atoms with Crippen molar-refractivity contribution in [2.75, 3.05) is 0 Å². The fourth-order valence-corrected chi connectivity index (χ4v) is 3.21. The van der Waals surface area contributed by atoms with Gasteiger partial charge in [0, 0.05) is 12.8 Å². The van der Waals surface area contributed by atoms with E-state index in [0.717, 1.165) is 64.2 Å². The van der Waals surface area contributed by atoms with E-state index in [1.165, 1.54) is 0 Å². The number of aliphatic hydroxyl groups excluding tert-OH is 2. The minimum atomic E-state index is -0.726. The second-order valence-corrected chi connectivity index (χ2v) is 6.78. The molecular formula is C18H34O5. The summed E-state index contributed by atoms with van der Waals surface area (Å²) < 4.78 is 5.85. The van der Waals surface area contributed by atoms with Crippen LogP contribution in [0.25, 0.3) is 0 Å². The standard InChI is InChI=1S/C18H34O5/c1-2-3-7-10-14(19)17-13-15(20)16(23-17)11-8-5-4-6-9-12-18(21)22/h14-17,19-20H,2-13H2,1H3,(H,21,22). The molecule has 3 N–H and O–H groups in total. The van der Waals surface area contributed by atoms with Crippen LogP contribution in [0.1, 0.15) is 84.0 Å². The molecule has 1 aliphatic rings. The van der Waals surface area contributed by atoms with Crippen LogP contribution in [0.15, 0.2) is 0 Å². The van der Waals surface area contributed by atoms with Crippen molar-refractivity contribution in [3.05, 3.63) is 0 Å². The van der Waals surface area contributed by atoms with E-state index >= 15 is 0 Å². The van der Waals surface area contributed by atoms with Gasteiger partial charge in [-0.2, -0.15) is 0 Å². The van der Waals surface area contributed by atoms with E-state index < -0.39 is 18.2 Å². The van der Waals surface area contributed by atoms with Crippen molar-refractivity contribution in [2.24, 2.45) is 0 Å². The molecule has 5 heteroatoms. The van der Waals surface area contributed by atoms with Crippen molar-refractivity contribution in [2.45, 2.75) is 108 Å². The summed E-state index contributed by atoms with van der Waals surface area (Å²) in [5.41, 5.74) is 0. The number of ether oxygens (including phenoxy) is 1. The summed E-state index contributed by atoms with van der Waals surface area (Å²) >= 11 is 0. The Labute approximate surface area is 140 Å². The first-order valence-corrected chi connectivity index (χ1v) is 9.28. The molecule has 1 heterocycles. The van der Waals surface area contributed by atoms with Crippen molar-refractivity contribution in [1.29, 1.82) is 0 Å². The minimum Gasteiger partial charge on any atom is -0.481 e. The maximum absolute atomic E-state index is 10.4. The largest absolute Gasteiger partial charge is 0.481 e. The van der Waals surface area contributed by atoms with Gasteiger partial charge in [-0.15, -0.1) is 0 Å². The molecule has 23 heavy (non-hydrogen) atoms. The Morgan fingerprint density at radius 1 is 1.13 bits per heavy atom. The molecule has 0 aliphatic carbocycles. The molecule has 0 amide bonds. The highest BCUT2D eigenvalue weighted by molar-refractivity contribution is 5.66. The zero-order valence-corrected chi connectivity index (χ0v) is 14.5. The van der Waals surface area contributed by atoms with Crippen molar-refractivity contribution in [1.82, 2.24) is 0 Å². The number of carboxylic acids is 1. The quantitative estimate of drug-likeness (QED) is 0.451. The van der Waals surface area contributed by atoms with E-state index in [1.807, 2.05) is 0 Å². The third kappa shape index (κ3) is 8.68. The second-order valence-electron chi connectivity index (χ2n) is 6.78. The number of hydrogen-bond donors (Lipinski definition) is 3. The van der Waals surface area contributed by atoms with Crippen LogP contribution in [0, 0.1) is 0 Å². The predicted molar refractivity (Wildman–Crippen MR) is 89.4 cm³/mol. The molecule has 0 saturated carbocycles. The van der Waals surface area contributed by atoms with Crippen LogP contribution in [0.3, 0.4) is 0 Å². The number of aliphatic hydroxyl groups is 2. The average molecular weight is 330 g/mol. The van der Waals surface area contributed by atoms with Crippen LogP contribution >= 0.6 is 0 Å². The van der Waals surface area contributed by atoms with Crippen LogP contribution in [-0.2, 0) is 9.53 Å². The Balaban J connectivity index is 2.09. The molecule has 5 nitrogen and oxygen atoms in total. The van der Waals surface area contributed by atoms with Crippen LogP contribution in [0.5, 0.6) is 0 Å². The highest BCUT2D eigenvalue weighted by atomic mass is 16.5. The Morgan fingerprint density at radius 3 is 2.52 bits per heavy atom. The van der Waals surface area contributed by atoms with Gasteiger partial charge in [0.2, 0.25) is 0 Å². The lowest BCUT2D eigenvalue weighted by Crippen LogP contribution is -2.26. The molecule has 136 valence electrons. The molecule has 1 fully saturated rings. The van der Waals surface area contributed by atoms with Gasteiger partial charge in [-0.25, -0.2) is 0 Å². The van der Waals surface area contributed by atoms with Gasteiger partial charge in [-0.1, -0.05) is 51.9 Å². The van der Waals surface area contributed by atoms with E-state index in [4.69, 9.17) is 9.84 Å². The number of rotatable bonds is 13. The number of unbranched alkanes of at least 4 members (excludes halogenated alkanes) is 6. The van der Waals surface area contributed by atoms with Gasteiger partial charge in [0.15, 0.2) is 0 Å². The lowest BCUT2D eigenvalue weighted by molar-refractivity contribution is -0.137. The molecule has 0 aromatic rings. The summed E-state index contributed by atoms with van der Waals surface area (Å²) in [5, 5.41) is 28.8. The van der Waals surface area contributed by atoms with Crippen molar-refractivity contribution in [3.63, 3.8) is 0 Å². The smallest absolute Gasteiger partial charge is 0.303 e. The van der Waals surface area contributed by atoms with Crippen LogP contribution in [0.2, 0.25) is 0 Å². The molecule has 4 unspecified atom stereocenters. The first-order valence-electron chi connectivity index (χ1n) is 9.28. The molecule has 0 spiro atoms. The summed E-state index contributed by atoms with van der Waals surface area (Å²) in [7, 11) is 0. The van der Waals surface area contributed by atoms with Gasteiger partial charge < -0.3 is 20.1 Å². The third-order valence-electron chi connectivity index (χ3n) is 4.66. The van der Waals surface area contributed by atoms with E-state index in [2.05, 4.69) is 6.92 Å². The van der Waals surface area contributed by atoms with Crippen molar-refractivity contribution in [3.8, 4) is 0 Å². The van der Waals surface area contributed by atoms with Gasteiger partial charge in [0.05, 0.1) is 24.4 Å². The van der Waals surface area contributed by atoms with Gasteiger partial charge in [-0.05, 0) is 19.3 Å². The molecule has 0 aromatic carbocycles. The maximum atomic E-state index is 10.4. The highest BCUT2D eigenvalue weighted by Gasteiger charge is 2.36. The SMILES string of the molecule is CCCCCC(O)C1CC(O)C(CCCCCCCC(=O)O)O1. The molecule has 1 rings (SSSR count). The third-order valence-corrected chi connectivity index (χ3v) is 4.66. The van der Waals surface area contributed by atoms with E-state index in [-0.39, 0.29) is 18.6 Å². The average Bonchev–Trinajstić information content (AvgIpc) is 2.87. The summed E-state index contributed by atoms with van der Waals surface area (Å²) in [6, 6.07) is 0. The Bertz CT molecular complexity index is 321. The summed E-state index contributed by atoms with van der Waals surface area (Å²) in [5.74, 6) is -0.726. The van der Waals surface area contributed by atoms with Gasteiger partial charge in [0.1, 0.15) is 0 Å². The highest BCUT2D eigenvalue weighted by Crippen LogP contribution is 2.28. The summed E-state index contributed by atoms with van der Waals surface area (Å²) in [6.45, 7) is 2.14. The normalized spacial score (nSPS) is 25.6. The second kappa shape index (κ2) is 11.8. The molecule has 0 radical (unpaired) electrons. The first-order chi connectivity index (χ1) is 11.0. The van der Waals surface area contributed by atoms with Gasteiger partial charge in [-0.3, -0.25) is 4.79 Å². The zero-order valence-electron chi connectivity index (χ0n) is 14.5. The van der Waals surface area contributed by atoms with E-state index in [1.54, 1.807) is 0 Å². The number of carbonyl (C=O) groups is 1. The molecular weight excluding hydrogens is 296 g/mol. The topological polar surface area (TPSA) is 87.0 Å². The number of carboxylic acid groups (broad SMARTS) is 1. The fourth-order valence-electron chi connectivity index (χ4n) is 3.21. The zero-order chi connectivity index (χ0) is 17.1. The van der Waals surface area contributed by atoms with Crippen molar-refractivity contribution >= 4 is 5.97 Å². The molecule has 4 atom stereocenters.